The van der Waals surface area contributed by atoms with Crippen LogP contribution in [0.4, 0.5) is 0 Å². The van der Waals surface area contributed by atoms with Crippen LogP contribution in [0.15, 0.2) is 21.8 Å². The van der Waals surface area contributed by atoms with E-state index in [1.165, 1.54) is 0 Å². The van der Waals surface area contributed by atoms with Crippen LogP contribution in [0.5, 0.6) is 0 Å². The van der Waals surface area contributed by atoms with Crippen molar-refractivity contribution < 1.29 is 4.74 Å². The first kappa shape index (κ1) is 11.0. The summed E-state index contributed by atoms with van der Waals surface area (Å²) < 4.78 is 5.52. The molecule has 3 heteroatoms. The topological polar surface area (TPSA) is 34.0 Å². The third-order valence-electron chi connectivity index (χ3n) is 1.70. The van der Waals surface area contributed by atoms with E-state index in [0.717, 1.165) is 5.70 Å². The van der Waals surface area contributed by atoms with E-state index in [-0.39, 0.29) is 11.6 Å². The minimum Gasteiger partial charge on any atom is -0.474 e. The second-order valence-corrected chi connectivity index (χ2v) is 4.31. The molecular formula is C11H18N2O. The molecule has 0 N–H and O–H groups in total. The van der Waals surface area contributed by atoms with Gasteiger partial charge in [0.15, 0.2) is 0 Å². The molecule has 0 saturated heterocycles. The largest absolute Gasteiger partial charge is 0.474 e. The molecular weight excluding hydrogens is 176 g/mol. The van der Waals surface area contributed by atoms with Crippen molar-refractivity contribution in [2.24, 2.45) is 9.98 Å². The standard InChI is InChI=1S/C11H18N2O/c1-8(2)14-10-7-12-9(3)6-11(4,5)13-10/h6-8H,1-5H3. The normalized spacial score (nSPS) is 20.1. The minimum absolute atomic E-state index is 0.134. The van der Waals surface area contributed by atoms with Crippen LogP contribution >= 0.6 is 0 Å². The van der Waals surface area contributed by atoms with Crippen molar-refractivity contribution in [3.05, 3.63) is 11.8 Å². The lowest BCUT2D eigenvalue weighted by Gasteiger charge is -2.16. The van der Waals surface area contributed by atoms with Gasteiger partial charge in [0.05, 0.1) is 17.9 Å². The van der Waals surface area contributed by atoms with Gasteiger partial charge in [0.2, 0.25) is 5.90 Å². The van der Waals surface area contributed by atoms with Crippen molar-refractivity contribution in [1.29, 1.82) is 0 Å². The van der Waals surface area contributed by atoms with Gasteiger partial charge in [-0.1, -0.05) is 0 Å². The van der Waals surface area contributed by atoms with E-state index in [9.17, 15) is 0 Å². The Morgan fingerprint density at radius 2 is 2.00 bits per heavy atom. The van der Waals surface area contributed by atoms with Crippen LogP contribution in [0.3, 0.4) is 0 Å². The van der Waals surface area contributed by atoms with E-state index >= 15 is 0 Å². The zero-order valence-corrected chi connectivity index (χ0v) is 9.53. The van der Waals surface area contributed by atoms with Crippen LogP contribution in [0.2, 0.25) is 0 Å². The van der Waals surface area contributed by atoms with Crippen molar-refractivity contribution in [2.75, 3.05) is 0 Å². The van der Waals surface area contributed by atoms with Gasteiger partial charge in [-0.05, 0) is 40.7 Å². The quantitative estimate of drug-likeness (QED) is 0.631. The number of rotatable bonds is 1. The molecule has 0 aromatic heterocycles. The second kappa shape index (κ2) is 3.95. The maximum absolute atomic E-state index is 5.52. The summed E-state index contributed by atoms with van der Waals surface area (Å²) in [5, 5.41) is 0. The van der Waals surface area contributed by atoms with Gasteiger partial charge >= 0.3 is 0 Å². The summed E-state index contributed by atoms with van der Waals surface area (Å²) >= 11 is 0. The maximum atomic E-state index is 5.52. The molecule has 78 valence electrons. The highest BCUT2D eigenvalue weighted by molar-refractivity contribution is 6.27. The Morgan fingerprint density at radius 3 is 2.57 bits per heavy atom. The van der Waals surface area contributed by atoms with Crippen LogP contribution in [0.1, 0.15) is 34.6 Å². The second-order valence-electron chi connectivity index (χ2n) is 4.31. The van der Waals surface area contributed by atoms with Gasteiger partial charge in [0, 0.05) is 5.70 Å². The average molecular weight is 194 g/mol. The highest BCUT2D eigenvalue weighted by Crippen LogP contribution is 2.17. The number of hydrogen-bond donors (Lipinski definition) is 0. The zero-order valence-electron chi connectivity index (χ0n) is 9.53. The van der Waals surface area contributed by atoms with Crippen molar-refractivity contribution in [3.63, 3.8) is 0 Å². The van der Waals surface area contributed by atoms with Crippen molar-refractivity contribution >= 4 is 12.1 Å². The van der Waals surface area contributed by atoms with Gasteiger partial charge < -0.3 is 4.74 Å². The van der Waals surface area contributed by atoms with E-state index in [4.69, 9.17) is 4.74 Å². The number of allylic oxidation sites excluding steroid dienone is 1. The Balaban J connectivity index is 2.89. The van der Waals surface area contributed by atoms with Crippen molar-refractivity contribution in [3.8, 4) is 0 Å². The van der Waals surface area contributed by atoms with Crippen LogP contribution in [-0.2, 0) is 4.74 Å². The molecule has 0 atom stereocenters. The third-order valence-corrected chi connectivity index (χ3v) is 1.70. The van der Waals surface area contributed by atoms with E-state index < -0.39 is 0 Å². The van der Waals surface area contributed by atoms with Crippen molar-refractivity contribution in [1.82, 2.24) is 0 Å². The molecule has 1 heterocycles. The molecule has 14 heavy (non-hydrogen) atoms. The molecule has 0 radical (unpaired) electrons. The van der Waals surface area contributed by atoms with Gasteiger partial charge in [-0.25, -0.2) is 4.99 Å². The predicted octanol–water partition coefficient (Wildman–Crippen LogP) is 2.58. The molecule has 0 spiro atoms. The van der Waals surface area contributed by atoms with Crippen LogP contribution < -0.4 is 0 Å². The smallest absolute Gasteiger partial charge is 0.228 e. The summed E-state index contributed by atoms with van der Waals surface area (Å²) in [6.45, 7) is 10.00. The van der Waals surface area contributed by atoms with Gasteiger partial charge in [0.1, 0.15) is 0 Å². The highest BCUT2D eigenvalue weighted by Gasteiger charge is 2.17. The summed E-state index contributed by atoms with van der Waals surface area (Å²) in [5.41, 5.74) is 0.742. The molecule has 3 nitrogen and oxygen atoms in total. The molecule has 0 saturated carbocycles. The first-order valence-corrected chi connectivity index (χ1v) is 4.89. The Labute approximate surface area is 85.6 Å². The van der Waals surface area contributed by atoms with Crippen LogP contribution in [0, 0.1) is 0 Å². The first-order chi connectivity index (χ1) is 6.39. The number of aliphatic imine (C=N–C) groups is 2. The van der Waals surface area contributed by atoms with Crippen LogP contribution in [-0.4, -0.2) is 23.8 Å². The molecule has 0 amide bonds. The minimum atomic E-state index is -0.231. The Bertz CT molecular complexity index is 298. The average Bonchev–Trinajstić information content (AvgIpc) is 2.07. The summed E-state index contributed by atoms with van der Waals surface area (Å²) in [4.78, 5) is 8.70. The Morgan fingerprint density at radius 1 is 1.36 bits per heavy atom. The lowest BCUT2D eigenvalue weighted by atomic mass is 10.1. The highest BCUT2D eigenvalue weighted by atomic mass is 16.5. The monoisotopic (exact) mass is 194 g/mol. The van der Waals surface area contributed by atoms with Crippen LogP contribution in [0.25, 0.3) is 0 Å². The fraction of sp³-hybridized carbons (Fsp3) is 0.636. The van der Waals surface area contributed by atoms with E-state index in [1.807, 2.05) is 40.7 Å². The van der Waals surface area contributed by atoms with Gasteiger partial charge in [-0.3, -0.25) is 4.99 Å². The van der Waals surface area contributed by atoms with E-state index in [2.05, 4.69) is 9.98 Å². The lowest BCUT2D eigenvalue weighted by Crippen LogP contribution is -2.20. The molecule has 1 aliphatic rings. The van der Waals surface area contributed by atoms with E-state index in [1.54, 1.807) is 6.21 Å². The molecule has 0 aromatic carbocycles. The fourth-order valence-corrected chi connectivity index (χ4v) is 1.35. The Hall–Kier alpha value is -1.12. The molecule has 0 unspecified atom stereocenters. The number of ether oxygens (including phenoxy) is 1. The maximum Gasteiger partial charge on any atom is 0.228 e. The molecule has 1 rings (SSSR count). The molecule has 0 fully saturated rings. The third kappa shape index (κ3) is 3.32. The van der Waals surface area contributed by atoms with Gasteiger partial charge in [-0.2, -0.15) is 0 Å². The zero-order chi connectivity index (χ0) is 10.8. The van der Waals surface area contributed by atoms with E-state index in [0.29, 0.717) is 5.90 Å². The first-order valence-electron chi connectivity index (χ1n) is 4.89. The fourth-order valence-electron chi connectivity index (χ4n) is 1.35. The number of nitrogens with zero attached hydrogens (tertiary/aromatic N) is 2. The number of hydrogen-bond acceptors (Lipinski definition) is 3. The summed E-state index contributed by atoms with van der Waals surface area (Å²) in [5.74, 6) is 0.609. The van der Waals surface area contributed by atoms with Gasteiger partial charge in [0.25, 0.3) is 0 Å². The summed E-state index contributed by atoms with van der Waals surface area (Å²) in [7, 11) is 0. The SMILES string of the molecule is CC1=CC(C)(C)N=C(OC(C)C)C=N1. The summed E-state index contributed by atoms with van der Waals surface area (Å²) in [6, 6.07) is 0. The molecule has 0 aliphatic carbocycles. The molecule has 0 bridgehead atoms. The lowest BCUT2D eigenvalue weighted by molar-refractivity contribution is 0.231. The van der Waals surface area contributed by atoms with Gasteiger partial charge in [-0.15, -0.1) is 0 Å². The molecule has 0 aromatic rings. The Kier molecular flexibility index (Phi) is 3.09. The predicted molar refractivity (Wildman–Crippen MR) is 60.0 cm³/mol. The molecule has 1 aliphatic heterocycles. The summed E-state index contributed by atoms with van der Waals surface area (Å²) in [6.07, 6.45) is 3.84. The van der Waals surface area contributed by atoms with Crippen molar-refractivity contribution in [2.45, 2.75) is 46.3 Å².